The van der Waals surface area contributed by atoms with Gasteiger partial charge in [0.25, 0.3) is 0 Å². The Balaban J connectivity index is 3.90. The molecule has 0 aliphatic rings. The van der Waals surface area contributed by atoms with Crippen LogP contribution in [0.2, 0.25) is 0 Å². The Morgan fingerprint density at radius 2 is 0.731 bits per heavy atom. The first-order valence-corrected chi connectivity index (χ1v) is 35.9. The number of likely N-dealkylation sites (N-methyl/N-ethyl adjacent to an activating group) is 1. The van der Waals surface area contributed by atoms with E-state index in [1.165, 1.54) is 289 Å². The number of aliphatic hydroxyl groups is 1. The van der Waals surface area contributed by atoms with Crippen LogP contribution >= 0.6 is 7.82 Å². The van der Waals surface area contributed by atoms with Crippen LogP contribution in [0.3, 0.4) is 0 Å². The summed E-state index contributed by atoms with van der Waals surface area (Å²) >= 11 is 0. The van der Waals surface area contributed by atoms with Crippen LogP contribution in [0.5, 0.6) is 0 Å². The number of amides is 1. The lowest BCUT2D eigenvalue weighted by Gasteiger charge is -2.25. The number of quaternary nitrogens is 1. The van der Waals surface area contributed by atoms with Crippen molar-refractivity contribution < 1.29 is 32.9 Å². The fraction of sp³-hybridized carbons (Fsp3) is 0.899. The molecule has 0 aromatic rings. The van der Waals surface area contributed by atoms with Gasteiger partial charge < -0.3 is 19.8 Å². The second-order valence-electron chi connectivity index (χ2n) is 24.9. The molecule has 3 atom stereocenters. The van der Waals surface area contributed by atoms with Gasteiger partial charge in [0.2, 0.25) is 5.91 Å². The lowest BCUT2D eigenvalue weighted by atomic mass is 10.0. The molecular weight excluding hydrogens is 984 g/mol. The molecule has 0 aromatic heterocycles. The van der Waals surface area contributed by atoms with Gasteiger partial charge in [-0.05, 0) is 51.4 Å². The molecule has 0 fully saturated rings. The van der Waals surface area contributed by atoms with Gasteiger partial charge in [-0.15, -0.1) is 0 Å². The van der Waals surface area contributed by atoms with Gasteiger partial charge in [-0.2, -0.15) is 0 Å². The van der Waals surface area contributed by atoms with Gasteiger partial charge in [-0.3, -0.25) is 13.8 Å². The minimum atomic E-state index is -4.35. The van der Waals surface area contributed by atoms with Crippen molar-refractivity contribution in [3.05, 3.63) is 36.5 Å². The topological polar surface area (TPSA) is 105 Å². The average Bonchev–Trinajstić information content (AvgIpc) is 3.40. The van der Waals surface area contributed by atoms with E-state index in [-0.39, 0.29) is 19.1 Å². The van der Waals surface area contributed by atoms with E-state index < -0.39 is 20.0 Å². The third kappa shape index (κ3) is 62.3. The molecule has 0 heterocycles. The highest BCUT2D eigenvalue weighted by Crippen LogP contribution is 2.43. The van der Waals surface area contributed by atoms with E-state index in [1.54, 1.807) is 6.08 Å². The van der Waals surface area contributed by atoms with Crippen molar-refractivity contribution in [2.24, 2.45) is 0 Å². The number of carbonyl (C=O) groups excluding carboxylic acids is 1. The van der Waals surface area contributed by atoms with Crippen molar-refractivity contribution in [2.45, 2.75) is 360 Å². The molecule has 1 amide bonds. The van der Waals surface area contributed by atoms with E-state index in [4.69, 9.17) is 9.05 Å². The Morgan fingerprint density at radius 1 is 0.436 bits per heavy atom. The molecule has 8 nitrogen and oxygen atoms in total. The van der Waals surface area contributed by atoms with Crippen LogP contribution in [0.25, 0.3) is 0 Å². The number of rotatable bonds is 64. The summed E-state index contributed by atoms with van der Waals surface area (Å²) < 4.78 is 23.8. The number of unbranched alkanes of at least 4 members (excludes halogenated alkanes) is 47. The van der Waals surface area contributed by atoms with E-state index in [9.17, 15) is 19.4 Å². The van der Waals surface area contributed by atoms with Gasteiger partial charge in [0.05, 0.1) is 39.9 Å². The molecule has 0 aliphatic heterocycles. The van der Waals surface area contributed by atoms with E-state index in [1.807, 2.05) is 27.2 Å². The highest BCUT2D eigenvalue weighted by molar-refractivity contribution is 7.47. The molecule has 3 unspecified atom stereocenters. The van der Waals surface area contributed by atoms with Crippen LogP contribution in [0.4, 0.5) is 0 Å². The first kappa shape index (κ1) is 76.7. The second kappa shape index (κ2) is 60.3. The maximum atomic E-state index is 13.0. The Kier molecular flexibility index (Phi) is 59.3. The van der Waals surface area contributed by atoms with Crippen LogP contribution in [0.1, 0.15) is 348 Å². The van der Waals surface area contributed by atoms with Crippen molar-refractivity contribution in [2.75, 3.05) is 40.9 Å². The van der Waals surface area contributed by atoms with Gasteiger partial charge in [-0.25, -0.2) is 4.57 Å². The molecular formula is C69H136N2O6P+. The summed E-state index contributed by atoms with van der Waals surface area (Å²) in [5.41, 5.74) is 0. The van der Waals surface area contributed by atoms with E-state index in [0.29, 0.717) is 17.4 Å². The number of phosphoric acid groups is 1. The molecule has 0 aromatic carbocycles. The van der Waals surface area contributed by atoms with Gasteiger partial charge >= 0.3 is 7.82 Å². The molecule has 462 valence electrons. The van der Waals surface area contributed by atoms with Crippen LogP contribution in [-0.4, -0.2) is 73.4 Å². The number of hydrogen-bond donors (Lipinski definition) is 3. The zero-order valence-electron chi connectivity index (χ0n) is 52.9. The summed E-state index contributed by atoms with van der Waals surface area (Å²) in [5, 5.41) is 14.0. The molecule has 78 heavy (non-hydrogen) atoms. The van der Waals surface area contributed by atoms with E-state index >= 15 is 0 Å². The summed E-state index contributed by atoms with van der Waals surface area (Å²) in [7, 11) is 1.59. The molecule has 0 radical (unpaired) electrons. The average molecular weight is 1120 g/mol. The Bertz CT molecular complexity index is 1360. The summed E-state index contributed by atoms with van der Waals surface area (Å²) in [6, 6.07) is -0.844. The van der Waals surface area contributed by atoms with Gasteiger partial charge in [0.1, 0.15) is 13.2 Å². The molecule has 0 aliphatic carbocycles. The largest absolute Gasteiger partial charge is 0.472 e. The summed E-state index contributed by atoms with van der Waals surface area (Å²) in [6.07, 6.45) is 80.1. The zero-order valence-corrected chi connectivity index (χ0v) is 53.8. The molecule has 0 saturated carbocycles. The molecule has 9 heteroatoms. The van der Waals surface area contributed by atoms with E-state index in [0.717, 1.165) is 38.5 Å². The normalized spacial score (nSPS) is 13.9. The van der Waals surface area contributed by atoms with Crippen LogP contribution < -0.4 is 5.32 Å². The molecule has 0 spiro atoms. The maximum absolute atomic E-state index is 13.0. The minimum absolute atomic E-state index is 0.0640. The van der Waals surface area contributed by atoms with Crippen LogP contribution in [0.15, 0.2) is 36.5 Å². The lowest BCUT2D eigenvalue weighted by Crippen LogP contribution is -2.45. The number of nitrogens with one attached hydrogen (secondary N) is 1. The fourth-order valence-corrected chi connectivity index (χ4v) is 11.2. The summed E-state index contributed by atoms with van der Waals surface area (Å²) in [5.74, 6) is -0.170. The van der Waals surface area contributed by atoms with Crippen molar-refractivity contribution in [1.82, 2.24) is 5.32 Å². The van der Waals surface area contributed by atoms with Crippen molar-refractivity contribution >= 4 is 13.7 Å². The quantitative estimate of drug-likeness (QED) is 0.0243. The van der Waals surface area contributed by atoms with Gasteiger partial charge in [0, 0.05) is 6.42 Å². The first-order valence-electron chi connectivity index (χ1n) is 34.4. The number of nitrogens with zero attached hydrogens (tertiary/aromatic N) is 1. The third-order valence-corrected chi connectivity index (χ3v) is 16.8. The van der Waals surface area contributed by atoms with Gasteiger partial charge in [0.15, 0.2) is 0 Å². The summed E-state index contributed by atoms with van der Waals surface area (Å²) in [4.78, 5) is 23.4. The predicted molar refractivity (Wildman–Crippen MR) is 341 cm³/mol. The van der Waals surface area contributed by atoms with E-state index in [2.05, 4.69) is 43.5 Å². The third-order valence-electron chi connectivity index (χ3n) is 15.9. The van der Waals surface area contributed by atoms with Gasteiger partial charge in [-0.1, -0.05) is 326 Å². The Morgan fingerprint density at radius 3 is 1.05 bits per heavy atom. The number of allylic oxidation sites excluding steroid dienone is 5. The highest BCUT2D eigenvalue weighted by atomic mass is 31.2. The molecule has 3 N–H and O–H groups in total. The zero-order chi connectivity index (χ0) is 57.0. The number of phosphoric ester groups is 1. The van der Waals surface area contributed by atoms with Crippen molar-refractivity contribution in [3.63, 3.8) is 0 Å². The molecule has 0 rings (SSSR count). The van der Waals surface area contributed by atoms with Crippen molar-refractivity contribution in [3.8, 4) is 0 Å². The van der Waals surface area contributed by atoms with Crippen molar-refractivity contribution in [1.29, 1.82) is 0 Å². The fourth-order valence-electron chi connectivity index (χ4n) is 10.5. The Labute approximate surface area is 487 Å². The lowest BCUT2D eigenvalue weighted by molar-refractivity contribution is -0.870. The number of hydrogen-bond acceptors (Lipinski definition) is 5. The standard InChI is InChI=1S/C69H135N2O6P/c1-6-8-10-12-14-16-18-20-22-24-25-26-27-28-29-30-31-32-33-34-35-36-37-38-39-40-41-42-43-44-45-47-49-51-53-55-57-59-61-63-69(73)70-67(66-77-78(74,75)76-65-64-71(3,4)5)68(72)62-60-58-56-54-52-50-48-46-23-21-19-17-15-13-11-9-7-2/h18,20,24-25,60,62,67-68,72H,6-17,19,21-23,26-59,61,63-66H2,1-5H3,(H-,70,73,74,75)/p+1/b20-18-,25-24-,62-60+. The number of aliphatic hydroxyl groups excluding tert-OH is 1. The second-order valence-corrected chi connectivity index (χ2v) is 26.4. The number of carbonyl (C=O) groups is 1. The maximum Gasteiger partial charge on any atom is 0.472 e. The highest BCUT2D eigenvalue weighted by Gasteiger charge is 2.28. The monoisotopic (exact) mass is 1120 g/mol. The van der Waals surface area contributed by atoms with Crippen LogP contribution in [0, 0.1) is 0 Å². The minimum Gasteiger partial charge on any atom is -0.387 e. The Hall–Kier alpha value is -1.28. The SMILES string of the molecule is CCCCCCC/C=C\C/C=C\CCCCCCCCCCCCCCCCCCCCCCCCCCCCCC(=O)NC(COP(=O)(O)OCC[N+](C)(C)C)C(O)/C=C/CCCCCCCCCCCCCCCCC. The summed E-state index contributed by atoms with van der Waals surface area (Å²) in [6.45, 7) is 4.85. The first-order chi connectivity index (χ1) is 38.0. The molecule has 0 bridgehead atoms. The predicted octanol–water partition coefficient (Wildman–Crippen LogP) is 21.7. The smallest absolute Gasteiger partial charge is 0.387 e. The van der Waals surface area contributed by atoms with Crippen LogP contribution in [-0.2, 0) is 18.4 Å². The molecule has 0 saturated heterocycles.